The Morgan fingerprint density at radius 2 is 1.22 bits per heavy atom. The molecule has 1 fully saturated rings. The van der Waals surface area contributed by atoms with Crippen molar-refractivity contribution in [3.8, 4) is 0 Å². The van der Waals surface area contributed by atoms with Crippen LogP contribution in [0.5, 0.6) is 0 Å². The predicted octanol–water partition coefficient (Wildman–Crippen LogP) is 3.73. The summed E-state index contributed by atoms with van der Waals surface area (Å²) in [5, 5.41) is 0. The van der Waals surface area contributed by atoms with E-state index in [0.717, 1.165) is 0 Å². The molecule has 12 heteroatoms. The molecular weight excluding hydrogens is 397 g/mol. The van der Waals surface area contributed by atoms with Crippen molar-refractivity contribution >= 4 is 52.1 Å². The van der Waals surface area contributed by atoms with Crippen LogP contribution in [-0.2, 0) is 24.7 Å². The lowest BCUT2D eigenvalue weighted by Gasteiger charge is -2.45. The second-order valence-corrected chi connectivity index (χ2v) is 29.9. The molecule has 1 aliphatic rings. The van der Waals surface area contributed by atoms with Crippen molar-refractivity contribution in [3.63, 3.8) is 0 Å². The summed E-state index contributed by atoms with van der Waals surface area (Å²) in [6, 6.07) is 0. The van der Waals surface area contributed by atoms with Crippen LogP contribution in [0, 0.1) is 0 Å². The fraction of sp³-hybridized carbons (Fsp3) is 1.00. The van der Waals surface area contributed by atoms with Gasteiger partial charge in [-0.1, -0.05) is 0 Å². The molecule has 6 nitrogen and oxygen atoms in total. The molecule has 0 N–H and O–H groups in total. The highest BCUT2D eigenvalue weighted by molar-refractivity contribution is 6.91. The van der Waals surface area contributed by atoms with Crippen LogP contribution >= 0.6 is 0 Å². The Balaban J connectivity index is 3.11. The van der Waals surface area contributed by atoms with Gasteiger partial charge in [0.1, 0.15) is 0 Å². The number of hydrogen-bond donors (Lipinski definition) is 0. The van der Waals surface area contributed by atoms with Crippen LogP contribution in [0.1, 0.15) is 0 Å². The summed E-state index contributed by atoms with van der Waals surface area (Å²) >= 11 is 0. The maximum atomic E-state index is 6.38. The Bertz CT molecular complexity index is 420. The standard InChI is InChI=1S/C11H33O6Si6/c1-19(2,3)12-18-13-21(7,8)16-22(9,10)17-23(11,14-18)15-20(4,5)6/h1-11H3. The van der Waals surface area contributed by atoms with Gasteiger partial charge in [0.25, 0.3) is 0 Å². The zero-order valence-electron chi connectivity index (χ0n) is 16.4. The van der Waals surface area contributed by atoms with E-state index in [0.29, 0.717) is 0 Å². The molecule has 1 saturated heterocycles. The van der Waals surface area contributed by atoms with Gasteiger partial charge in [-0.3, -0.25) is 0 Å². The van der Waals surface area contributed by atoms with Crippen LogP contribution < -0.4 is 0 Å². The van der Waals surface area contributed by atoms with Gasteiger partial charge in [0.05, 0.1) is 0 Å². The lowest BCUT2D eigenvalue weighted by molar-refractivity contribution is 0.160. The van der Waals surface area contributed by atoms with Gasteiger partial charge in [0, 0.05) is 6.55 Å². The van der Waals surface area contributed by atoms with E-state index in [9.17, 15) is 0 Å². The van der Waals surface area contributed by atoms with Crippen LogP contribution in [0.4, 0.5) is 0 Å². The molecule has 0 bridgehead atoms. The molecule has 1 aliphatic heterocycles. The molecular formula is C11H33O6Si6. The van der Waals surface area contributed by atoms with Crippen molar-refractivity contribution < 1.29 is 24.7 Å². The summed E-state index contributed by atoms with van der Waals surface area (Å²) in [5.74, 6) is 0. The van der Waals surface area contributed by atoms with Gasteiger partial charge in [0.15, 0.2) is 16.6 Å². The third kappa shape index (κ3) is 8.82. The quantitative estimate of drug-likeness (QED) is 0.635. The third-order valence-electron chi connectivity index (χ3n) is 2.40. The summed E-state index contributed by atoms with van der Waals surface area (Å²) in [7, 11) is -13.2. The first-order chi connectivity index (χ1) is 9.91. The van der Waals surface area contributed by atoms with Crippen LogP contribution in [0.2, 0.25) is 72.0 Å². The molecule has 1 atom stereocenters. The van der Waals surface area contributed by atoms with E-state index in [2.05, 4.69) is 39.3 Å². The van der Waals surface area contributed by atoms with Crippen molar-refractivity contribution in [1.29, 1.82) is 0 Å². The molecule has 1 radical (unpaired) electrons. The monoisotopic (exact) mass is 429 g/mol. The van der Waals surface area contributed by atoms with Crippen molar-refractivity contribution in [2.24, 2.45) is 0 Å². The minimum absolute atomic E-state index is 1.81. The van der Waals surface area contributed by atoms with Crippen molar-refractivity contribution in [3.05, 3.63) is 0 Å². The van der Waals surface area contributed by atoms with E-state index >= 15 is 0 Å². The summed E-state index contributed by atoms with van der Waals surface area (Å²) in [4.78, 5) is 0. The van der Waals surface area contributed by atoms with Crippen molar-refractivity contribution in [2.75, 3.05) is 0 Å². The minimum atomic E-state index is -2.88. The normalized spacial score (nSPS) is 29.9. The molecule has 137 valence electrons. The molecule has 0 amide bonds. The van der Waals surface area contributed by atoms with E-state index in [-0.39, 0.29) is 0 Å². The third-order valence-corrected chi connectivity index (χ3v) is 21.6. The maximum absolute atomic E-state index is 6.38. The van der Waals surface area contributed by atoms with Crippen LogP contribution in [0.15, 0.2) is 0 Å². The molecule has 0 saturated carbocycles. The molecule has 23 heavy (non-hydrogen) atoms. The van der Waals surface area contributed by atoms with E-state index in [4.69, 9.17) is 24.7 Å². The molecule has 0 aliphatic carbocycles. The van der Waals surface area contributed by atoms with E-state index in [1.807, 2.05) is 32.7 Å². The van der Waals surface area contributed by atoms with E-state index in [1.165, 1.54) is 0 Å². The highest BCUT2D eigenvalue weighted by Gasteiger charge is 2.54. The molecule has 0 aromatic heterocycles. The average molecular weight is 430 g/mol. The lowest BCUT2D eigenvalue weighted by atomic mass is 11.8. The molecule has 1 rings (SSSR count). The van der Waals surface area contributed by atoms with Crippen molar-refractivity contribution in [1.82, 2.24) is 0 Å². The predicted molar refractivity (Wildman–Crippen MR) is 106 cm³/mol. The Hall–Kier alpha value is 1.06. The smallest absolute Gasteiger partial charge is 0.417 e. The number of rotatable bonds is 4. The topological polar surface area (TPSA) is 55.4 Å². The SMILES string of the molecule is C[Si](C)(C)O[Si]1O[Si](C)(C)O[Si](C)(C)O[Si](C)(O[Si](C)(C)C)O1. The summed E-state index contributed by atoms with van der Waals surface area (Å²) in [6.07, 6.45) is 0. The van der Waals surface area contributed by atoms with E-state index < -0.39 is 52.1 Å². The highest BCUT2D eigenvalue weighted by Crippen LogP contribution is 2.30. The molecule has 1 heterocycles. The van der Waals surface area contributed by atoms with Gasteiger partial charge >= 0.3 is 35.5 Å². The zero-order valence-corrected chi connectivity index (χ0v) is 22.4. The maximum Gasteiger partial charge on any atom is 0.548 e. The second kappa shape index (κ2) is 6.99. The fourth-order valence-corrected chi connectivity index (χ4v) is 24.3. The van der Waals surface area contributed by atoms with Crippen LogP contribution in [0.3, 0.4) is 0 Å². The average Bonchev–Trinajstić information content (AvgIpc) is 2.01. The Labute approximate surface area is 148 Å². The van der Waals surface area contributed by atoms with Gasteiger partial charge in [-0.2, -0.15) is 0 Å². The first-order valence-corrected chi connectivity index (χ1v) is 23.8. The van der Waals surface area contributed by atoms with Gasteiger partial charge in [-0.25, -0.2) is 0 Å². The fourth-order valence-electron chi connectivity index (χ4n) is 2.36. The zero-order chi connectivity index (χ0) is 18.3. The lowest BCUT2D eigenvalue weighted by Crippen LogP contribution is -2.66. The Morgan fingerprint density at radius 3 is 1.65 bits per heavy atom. The largest absolute Gasteiger partial charge is 0.548 e. The van der Waals surface area contributed by atoms with Crippen LogP contribution in [0.25, 0.3) is 0 Å². The van der Waals surface area contributed by atoms with Gasteiger partial charge in [-0.15, -0.1) is 0 Å². The second-order valence-electron chi connectivity index (χ2n) is 8.75. The van der Waals surface area contributed by atoms with Crippen molar-refractivity contribution in [2.45, 2.75) is 72.0 Å². The Kier molecular flexibility index (Phi) is 6.72. The summed E-state index contributed by atoms with van der Waals surface area (Å²) < 4.78 is 37.8. The van der Waals surface area contributed by atoms with Gasteiger partial charge < -0.3 is 24.7 Å². The first kappa shape index (κ1) is 22.1. The first-order valence-electron chi connectivity index (χ1n) is 7.95. The summed E-state index contributed by atoms with van der Waals surface area (Å²) in [6.45, 7) is 22.9. The van der Waals surface area contributed by atoms with E-state index in [1.54, 1.807) is 0 Å². The number of hydrogen-bond acceptors (Lipinski definition) is 6. The summed E-state index contributed by atoms with van der Waals surface area (Å²) in [5.41, 5.74) is 0. The molecule has 1 unspecified atom stereocenters. The highest BCUT2D eigenvalue weighted by atomic mass is 28.5. The Morgan fingerprint density at radius 1 is 0.696 bits per heavy atom. The molecule has 0 aromatic rings. The van der Waals surface area contributed by atoms with Crippen LogP contribution in [-0.4, -0.2) is 52.1 Å². The minimum Gasteiger partial charge on any atom is -0.417 e. The van der Waals surface area contributed by atoms with Gasteiger partial charge in [0.2, 0.25) is 0 Å². The molecule has 0 aromatic carbocycles. The molecule has 0 spiro atoms. The van der Waals surface area contributed by atoms with Gasteiger partial charge in [-0.05, 0) is 65.5 Å².